The minimum absolute atomic E-state index is 0.0748. The number of amides is 1. The summed E-state index contributed by atoms with van der Waals surface area (Å²) in [4.78, 5) is 33.5. The van der Waals surface area contributed by atoms with E-state index in [-0.39, 0.29) is 5.91 Å². The van der Waals surface area contributed by atoms with Gasteiger partial charge in [-0.05, 0) is 83.0 Å². The first-order valence-electron chi connectivity index (χ1n) is 18.5. The molecule has 2 N–H and O–H groups in total. The van der Waals surface area contributed by atoms with Gasteiger partial charge in [-0.15, -0.1) is 0 Å². The molecular weight excluding hydrogens is 727 g/mol. The van der Waals surface area contributed by atoms with Crippen molar-refractivity contribution in [2.75, 3.05) is 12.3 Å². The van der Waals surface area contributed by atoms with Crippen LogP contribution >= 0.6 is 24.0 Å². The van der Waals surface area contributed by atoms with Gasteiger partial charge in [0, 0.05) is 62.2 Å². The predicted octanol–water partition coefficient (Wildman–Crippen LogP) is 11.8. The highest BCUT2D eigenvalue weighted by Gasteiger charge is 2.25. The van der Waals surface area contributed by atoms with E-state index in [1.807, 2.05) is 42.5 Å². The Balaban J connectivity index is 1.30. The molecule has 3 aromatic heterocycles. The average molecular weight is 760 g/mol. The van der Waals surface area contributed by atoms with Crippen molar-refractivity contribution in [1.82, 2.24) is 24.8 Å². The van der Waals surface area contributed by atoms with Crippen LogP contribution in [0.4, 0.5) is 0 Å². The average Bonchev–Trinajstić information content (AvgIpc) is 4.11. The van der Waals surface area contributed by atoms with E-state index in [1.54, 1.807) is 16.7 Å². The fourth-order valence-electron chi connectivity index (χ4n) is 7.75. The van der Waals surface area contributed by atoms with Crippen molar-refractivity contribution in [2.45, 2.75) is 0 Å². The molecule has 268 valence electrons. The molecule has 3 aliphatic heterocycles. The number of thiocarbonyl (C=S) groups is 1. The predicted molar refractivity (Wildman–Crippen MR) is 237 cm³/mol. The number of H-pyrrole nitrogens is 2. The minimum atomic E-state index is -0.0748. The fraction of sp³-hybridized carbons (Fsp3) is 0.0417. The molecule has 6 nitrogen and oxygen atoms in total. The van der Waals surface area contributed by atoms with E-state index >= 15 is 0 Å². The van der Waals surface area contributed by atoms with Crippen LogP contribution in [0.25, 0.3) is 90.9 Å². The number of fused-ring (bicyclic) bond motifs is 8. The van der Waals surface area contributed by atoms with E-state index in [4.69, 9.17) is 22.2 Å². The Bertz CT molecular complexity index is 2880. The molecule has 0 unspecified atom stereocenters. The van der Waals surface area contributed by atoms with Gasteiger partial charge in [0.05, 0.1) is 22.8 Å². The number of hydrogen-bond donors (Lipinski definition) is 2. The Kier molecular flexibility index (Phi) is 8.62. The SMILES string of the molecule is O=C(c1ccc(-c2c3nc(c(-c4ccccc4)c4ccc([nH]4)c(-c4ccccc4)c4nc(c(-c5ccccc5)c5ccc2[nH]5)C=C4)C=C3)cc1)N1CCSC1=S. The molecule has 0 atom stereocenters. The summed E-state index contributed by atoms with van der Waals surface area (Å²) in [5.74, 6) is 0.747. The molecule has 6 heterocycles. The van der Waals surface area contributed by atoms with Crippen molar-refractivity contribution in [3.8, 4) is 44.5 Å². The maximum atomic E-state index is 13.4. The zero-order chi connectivity index (χ0) is 37.6. The minimum Gasteiger partial charge on any atom is -0.354 e. The lowest BCUT2D eigenvalue weighted by Gasteiger charge is -2.15. The molecule has 0 saturated carbocycles. The van der Waals surface area contributed by atoms with E-state index in [1.165, 1.54) is 0 Å². The molecule has 7 aromatic rings. The third-order valence-electron chi connectivity index (χ3n) is 10.4. The maximum absolute atomic E-state index is 13.4. The second-order valence-corrected chi connectivity index (χ2v) is 15.5. The monoisotopic (exact) mass is 759 g/mol. The van der Waals surface area contributed by atoms with Crippen molar-refractivity contribution >= 4 is 80.6 Å². The van der Waals surface area contributed by atoms with Crippen LogP contribution in [0.3, 0.4) is 0 Å². The van der Waals surface area contributed by atoms with Crippen LogP contribution in [-0.2, 0) is 0 Å². The highest BCUT2D eigenvalue weighted by Crippen LogP contribution is 2.38. The van der Waals surface area contributed by atoms with Crippen molar-refractivity contribution in [3.63, 3.8) is 0 Å². The molecule has 0 aliphatic carbocycles. The molecule has 56 heavy (non-hydrogen) atoms. The van der Waals surface area contributed by atoms with Gasteiger partial charge in [0.2, 0.25) is 0 Å². The number of nitrogens with zero attached hydrogens (tertiary/aromatic N) is 3. The summed E-state index contributed by atoms with van der Waals surface area (Å²) in [5, 5.41) is 0. The summed E-state index contributed by atoms with van der Waals surface area (Å²) < 4.78 is 0.629. The highest BCUT2D eigenvalue weighted by molar-refractivity contribution is 8.23. The summed E-state index contributed by atoms with van der Waals surface area (Å²) in [5.41, 5.74) is 15.7. The molecule has 4 aromatic carbocycles. The van der Waals surface area contributed by atoms with Gasteiger partial charge < -0.3 is 9.97 Å². The van der Waals surface area contributed by atoms with Crippen LogP contribution in [0.5, 0.6) is 0 Å². The van der Waals surface area contributed by atoms with Gasteiger partial charge in [0.1, 0.15) is 4.32 Å². The highest BCUT2D eigenvalue weighted by atomic mass is 32.2. The van der Waals surface area contributed by atoms with Gasteiger partial charge >= 0.3 is 0 Å². The van der Waals surface area contributed by atoms with Gasteiger partial charge in [0.15, 0.2) is 0 Å². The van der Waals surface area contributed by atoms with Crippen LogP contribution in [0.15, 0.2) is 140 Å². The zero-order valence-corrected chi connectivity index (χ0v) is 31.7. The molecule has 10 rings (SSSR count). The lowest BCUT2D eigenvalue weighted by atomic mass is 10.0. The molecule has 0 radical (unpaired) electrons. The van der Waals surface area contributed by atoms with Crippen molar-refractivity contribution in [1.29, 1.82) is 0 Å². The summed E-state index contributed by atoms with van der Waals surface area (Å²) in [6.07, 6.45) is 8.41. The molecule has 3 aliphatic rings. The van der Waals surface area contributed by atoms with Gasteiger partial charge in [-0.3, -0.25) is 9.69 Å². The van der Waals surface area contributed by atoms with E-state index in [0.29, 0.717) is 16.4 Å². The zero-order valence-electron chi connectivity index (χ0n) is 30.1. The Morgan fingerprint density at radius 1 is 0.500 bits per heavy atom. The van der Waals surface area contributed by atoms with Crippen molar-refractivity contribution in [2.24, 2.45) is 0 Å². The number of hydrogen-bond acceptors (Lipinski definition) is 5. The first kappa shape index (κ1) is 33.9. The smallest absolute Gasteiger partial charge is 0.259 e. The van der Waals surface area contributed by atoms with Gasteiger partial charge in [-0.2, -0.15) is 0 Å². The molecule has 8 bridgehead atoms. The Morgan fingerprint density at radius 2 is 0.857 bits per heavy atom. The van der Waals surface area contributed by atoms with Crippen LogP contribution in [0, 0.1) is 0 Å². The Labute approximate surface area is 333 Å². The molecule has 1 amide bonds. The lowest BCUT2D eigenvalue weighted by Crippen LogP contribution is -2.30. The number of thioether (sulfide) groups is 1. The number of aromatic amines is 2. The summed E-state index contributed by atoms with van der Waals surface area (Å²) >= 11 is 7.01. The molecule has 1 saturated heterocycles. The Hall–Kier alpha value is -6.61. The van der Waals surface area contributed by atoms with E-state index < -0.39 is 0 Å². The maximum Gasteiger partial charge on any atom is 0.259 e. The van der Waals surface area contributed by atoms with Gasteiger partial charge in [-0.1, -0.05) is 127 Å². The summed E-state index contributed by atoms with van der Waals surface area (Å²) in [7, 11) is 0. The summed E-state index contributed by atoms with van der Waals surface area (Å²) in [6.45, 7) is 0.626. The molecule has 1 fully saturated rings. The second-order valence-electron chi connectivity index (χ2n) is 13.7. The van der Waals surface area contributed by atoms with Gasteiger partial charge in [-0.25, -0.2) is 9.97 Å². The summed E-state index contributed by atoms with van der Waals surface area (Å²) in [6, 6.07) is 47.5. The third-order valence-corrected chi connectivity index (χ3v) is 11.8. The number of benzene rings is 4. The lowest BCUT2D eigenvalue weighted by molar-refractivity contribution is 0.0861. The number of aromatic nitrogens is 4. The second kappa shape index (κ2) is 14.2. The van der Waals surface area contributed by atoms with Gasteiger partial charge in [0.25, 0.3) is 5.91 Å². The quantitative estimate of drug-likeness (QED) is 0.171. The molecule has 8 heteroatoms. The Morgan fingerprint density at radius 3 is 1.20 bits per heavy atom. The molecular formula is C48H33N5OS2. The number of carbonyl (C=O) groups excluding carboxylic acids is 1. The van der Waals surface area contributed by atoms with E-state index in [9.17, 15) is 4.79 Å². The number of rotatable bonds is 5. The van der Waals surface area contributed by atoms with Crippen LogP contribution in [0.1, 0.15) is 33.1 Å². The van der Waals surface area contributed by atoms with Crippen molar-refractivity contribution < 1.29 is 4.79 Å². The normalized spacial score (nSPS) is 13.4. The number of nitrogens with one attached hydrogen (secondary N) is 2. The fourth-order valence-corrected chi connectivity index (χ4v) is 8.95. The third kappa shape index (κ3) is 6.09. The van der Waals surface area contributed by atoms with Crippen molar-refractivity contribution in [3.05, 3.63) is 168 Å². The topological polar surface area (TPSA) is 77.7 Å². The van der Waals surface area contributed by atoms with E-state index in [0.717, 1.165) is 95.1 Å². The molecule has 0 spiro atoms. The van der Waals surface area contributed by atoms with E-state index in [2.05, 4.69) is 131 Å². The van der Waals surface area contributed by atoms with Crippen LogP contribution in [-0.4, -0.2) is 47.4 Å². The largest absolute Gasteiger partial charge is 0.354 e. The number of carbonyl (C=O) groups is 1. The van der Waals surface area contributed by atoms with Crippen LogP contribution < -0.4 is 0 Å². The van der Waals surface area contributed by atoms with Crippen LogP contribution in [0.2, 0.25) is 0 Å². The standard InChI is InChI=1S/C48H33N5OS2/c54-47(53-28-29-56-48(53)55)34-18-16-33(17-19-34)46-41-26-24-39(51-41)44(31-12-6-2-7-13-31)37-22-20-35(49-37)43(30-10-4-1-5-11-30)36-21-23-38(50-36)45(32-14-8-3-9-15-32)40-25-27-42(46)52-40/h1-27,49,52H,28-29H2. The first-order valence-corrected chi connectivity index (χ1v) is 19.9. The first-order chi connectivity index (χ1) is 27.6.